The van der Waals surface area contributed by atoms with Gasteiger partial charge in [0.05, 0.1) is 22.0 Å². The van der Waals surface area contributed by atoms with Crippen LogP contribution < -0.4 is 16.0 Å². The number of benzene rings is 4. The molecule has 4 rings (SSSR count). The van der Waals surface area contributed by atoms with Crippen LogP contribution in [0.2, 0.25) is 5.02 Å². The van der Waals surface area contributed by atoms with E-state index in [1.54, 1.807) is 60.7 Å². The normalized spacial score (nSPS) is 10.9. The maximum Gasteiger partial charge on any atom is 0.335 e. The maximum absolute atomic E-state index is 13.2. The van der Waals surface area contributed by atoms with Crippen LogP contribution in [0.4, 0.5) is 11.4 Å². The van der Waals surface area contributed by atoms with Crippen molar-refractivity contribution in [2.45, 2.75) is 4.90 Å². The number of hydrogen-bond donors (Lipinski definition) is 4. The van der Waals surface area contributed by atoms with E-state index < -0.39 is 17.8 Å². The molecule has 10 heteroatoms. The van der Waals surface area contributed by atoms with Crippen molar-refractivity contribution >= 4 is 64.5 Å². The molecule has 0 atom stereocenters. The summed E-state index contributed by atoms with van der Waals surface area (Å²) in [5, 5.41) is 17.5. The molecule has 4 aromatic rings. The highest BCUT2D eigenvalue weighted by Crippen LogP contribution is 2.25. The lowest BCUT2D eigenvalue weighted by atomic mass is 10.1. The van der Waals surface area contributed by atoms with Crippen LogP contribution in [0.3, 0.4) is 0 Å². The van der Waals surface area contributed by atoms with Crippen LogP contribution in [0, 0.1) is 0 Å². The summed E-state index contributed by atoms with van der Waals surface area (Å²) in [5.41, 5.74) is 1.96. The minimum Gasteiger partial charge on any atom is -0.478 e. The molecule has 0 heterocycles. The second-order valence-electron chi connectivity index (χ2n) is 8.60. The summed E-state index contributed by atoms with van der Waals surface area (Å²) in [6, 6.07) is 28.7. The number of rotatable bonds is 10. The molecule has 0 unspecified atom stereocenters. The van der Waals surface area contributed by atoms with Crippen LogP contribution in [0.1, 0.15) is 26.3 Å². The molecular weight excluding hydrogens is 562 g/mol. The van der Waals surface area contributed by atoms with Gasteiger partial charge in [-0.15, -0.1) is 11.8 Å². The summed E-state index contributed by atoms with van der Waals surface area (Å²) in [4.78, 5) is 50.3. The molecule has 4 aromatic carbocycles. The Morgan fingerprint density at radius 1 is 0.780 bits per heavy atom. The molecule has 41 heavy (non-hydrogen) atoms. The Morgan fingerprint density at radius 2 is 1.44 bits per heavy atom. The van der Waals surface area contributed by atoms with Gasteiger partial charge in [-0.2, -0.15) is 0 Å². The highest BCUT2D eigenvalue weighted by Gasteiger charge is 2.15. The number of carbonyl (C=O) groups excluding carboxylic acids is 3. The molecule has 3 amide bonds. The van der Waals surface area contributed by atoms with Crippen LogP contribution in [0.5, 0.6) is 0 Å². The number of hydrogen-bond acceptors (Lipinski definition) is 5. The molecule has 0 fully saturated rings. The van der Waals surface area contributed by atoms with E-state index in [9.17, 15) is 19.2 Å². The van der Waals surface area contributed by atoms with Crippen molar-refractivity contribution < 1.29 is 24.3 Å². The molecule has 206 valence electrons. The van der Waals surface area contributed by atoms with Crippen LogP contribution in [-0.2, 0) is 9.59 Å². The second-order valence-corrected chi connectivity index (χ2v) is 10.1. The molecule has 0 radical (unpaired) electrons. The van der Waals surface area contributed by atoms with Gasteiger partial charge < -0.3 is 21.1 Å². The molecular formula is C31H24ClN3O5S. The highest BCUT2D eigenvalue weighted by molar-refractivity contribution is 8.00. The predicted molar refractivity (Wildman–Crippen MR) is 161 cm³/mol. The van der Waals surface area contributed by atoms with Gasteiger partial charge >= 0.3 is 5.97 Å². The van der Waals surface area contributed by atoms with Crippen LogP contribution in [-0.4, -0.2) is 34.6 Å². The van der Waals surface area contributed by atoms with Crippen molar-refractivity contribution in [2.24, 2.45) is 0 Å². The number of amides is 3. The van der Waals surface area contributed by atoms with Gasteiger partial charge in [0, 0.05) is 16.1 Å². The average Bonchev–Trinajstić information content (AvgIpc) is 2.98. The average molecular weight is 586 g/mol. The summed E-state index contributed by atoms with van der Waals surface area (Å²) >= 11 is 7.32. The van der Waals surface area contributed by atoms with E-state index in [-0.39, 0.29) is 33.6 Å². The van der Waals surface area contributed by atoms with Crippen molar-refractivity contribution in [3.05, 3.63) is 131 Å². The first-order valence-electron chi connectivity index (χ1n) is 12.3. The topological polar surface area (TPSA) is 125 Å². The van der Waals surface area contributed by atoms with E-state index in [4.69, 9.17) is 16.7 Å². The van der Waals surface area contributed by atoms with Crippen LogP contribution in [0.25, 0.3) is 6.08 Å². The van der Waals surface area contributed by atoms with Crippen molar-refractivity contribution in [1.82, 2.24) is 5.32 Å². The zero-order valence-corrected chi connectivity index (χ0v) is 23.0. The van der Waals surface area contributed by atoms with E-state index >= 15 is 0 Å². The molecule has 4 N–H and O–H groups in total. The molecule has 0 aliphatic rings. The first-order valence-corrected chi connectivity index (χ1v) is 13.6. The number of nitrogens with one attached hydrogen (secondary N) is 3. The third kappa shape index (κ3) is 8.56. The first-order chi connectivity index (χ1) is 19.8. The van der Waals surface area contributed by atoms with Crippen LogP contribution >= 0.6 is 23.4 Å². The molecule has 0 saturated carbocycles. The Morgan fingerprint density at radius 3 is 2.10 bits per heavy atom. The van der Waals surface area contributed by atoms with Gasteiger partial charge in [0.25, 0.3) is 11.8 Å². The third-order valence-corrected chi connectivity index (χ3v) is 6.95. The lowest BCUT2D eigenvalue weighted by Crippen LogP contribution is -2.30. The fourth-order valence-corrected chi connectivity index (χ4v) is 4.44. The van der Waals surface area contributed by atoms with Gasteiger partial charge in [0.15, 0.2) is 0 Å². The van der Waals surface area contributed by atoms with Crippen molar-refractivity contribution in [3.8, 4) is 0 Å². The van der Waals surface area contributed by atoms with Gasteiger partial charge in [-0.05, 0) is 66.2 Å². The lowest BCUT2D eigenvalue weighted by Gasteiger charge is -2.12. The Labute approximate surface area is 245 Å². The molecule has 0 saturated heterocycles. The summed E-state index contributed by atoms with van der Waals surface area (Å²) in [6.07, 6.45) is 1.59. The number of anilines is 2. The predicted octanol–water partition coefficient (Wildman–Crippen LogP) is 6.18. The van der Waals surface area contributed by atoms with Gasteiger partial charge in [-0.3, -0.25) is 14.4 Å². The van der Waals surface area contributed by atoms with Gasteiger partial charge in [0.2, 0.25) is 5.91 Å². The van der Waals surface area contributed by atoms with E-state index in [1.165, 1.54) is 30.0 Å². The minimum absolute atomic E-state index is 0.0105. The van der Waals surface area contributed by atoms with E-state index in [1.807, 2.05) is 30.3 Å². The number of carbonyl (C=O) groups is 4. The molecule has 0 aromatic heterocycles. The largest absolute Gasteiger partial charge is 0.478 e. The number of carboxylic acids is 1. The Kier molecular flexibility index (Phi) is 9.93. The Balaban J connectivity index is 1.38. The molecule has 0 bridgehead atoms. The van der Waals surface area contributed by atoms with Crippen molar-refractivity contribution in [1.29, 1.82) is 0 Å². The SMILES string of the molecule is O=C(CSc1ccc(NC(=O)/C(=C/c2ccccc2)NC(=O)c2ccccc2)cc1)Nc1cc(C(=O)O)ccc1Cl. The Hall–Kier alpha value is -4.86. The van der Waals surface area contributed by atoms with Crippen molar-refractivity contribution in [2.75, 3.05) is 16.4 Å². The van der Waals surface area contributed by atoms with Gasteiger partial charge in [-0.1, -0.05) is 60.1 Å². The molecule has 0 aliphatic carbocycles. The monoisotopic (exact) mass is 585 g/mol. The summed E-state index contributed by atoms with van der Waals surface area (Å²) in [5.74, 6) is -2.35. The fraction of sp³-hybridized carbons (Fsp3) is 0.0323. The Bertz CT molecular complexity index is 1590. The van der Waals surface area contributed by atoms with E-state index in [0.29, 0.717) is 11.3 Å². The first kappa shape index (κ1) is 29.1. The lowest BCUT2D eigenvalue weighted by molar-refractivity contribution is -0.114. The quantitative estimate of drug-likeness (QED) is 0.130. The molecule has 8 nitrogen and oxygen atoms in total. The van der Waals surface area contributed by atoms with Gasteiger partial charge in [0.1, 0.15) is 5.70 Å². The van der Waals surface area contributed by atoms with E-state index in [2.05, 4.69) is 16.0 Å². The highest BCUT2D eigenvalue weighted by atomic mass is 35.5. The number of carboxylic acid groups (broad SMARTS) is 1. The standard InChI is InChI=1S/C31H24ClN3O5S/c32-25-16-11-22(31(39)40)18-26(25)34-28(36)19-41-24-14-12-23(13-15-24)33-30(38)27(17-20-7-3-1-4-8-20)35-29(37)21-9-5-2-6-10-21/h1-18H,19H2,(H,33,38)(H,34,36)(H,35,37)(H,39,40)/b27-17-. The van der Waals surface area contributed by atoms with Crippen LogP contribution in [0.15, 0.2) is 114 Å². The number of halogens is 1. The zero-order chi connectivity index (χ0) is 29.2. The molecule has 0 spiro atoms. The van der Waals surface area contributed by atoms with E-state index in [0.717, 1.165) is 10.5 Å². The van der Waals surface area contributed by atoms with Gasteiger partial charge in [-0.25, -0.2) is 4.79 Å². The fourth-order valence-electron chi connectivity index (χ4n) is 3.58. The smallest absolute Gasteiger partial charge is 0.335 e. The second kappa shape index (κ2) is 14.0. The maximum atomic E-state index is 13.2. The minimum atomic E-state index is -1.13. The number of aromatic carboxylic acids is 1. The number of thioether (sulfide) groups is 1. The summed E-state index contributed by atoms with van der Waals surface area (Å²) in [7, 11) is 0. The summed E-state index contributed by atoms with van der Waals surface area (Å²) < 4.78 is 0. The summed E-state index contributed by atoms with van der Waals surface area (Å²) in [6.45, 7) is 0. The third-order valence-electron chi connectivity index (χ3n) is 5.61. The van der Waals surface area contributed by atoms with Crippen molar-refractivity contribution in [3.63, 3.8) is 0 Å². The zero-order valence-electron chi connectivity index (χ0n) is 21.5. The molecule has 0 aliphatic heterocycles.